The van der Waals surface area contributed by atoms with Crippen molar-refractivity contribution in [2.45, 2.75) is 38.6 Å². The number of rotatable bonds is 9. The molecule has 0 saturated heterocycles. The summed E-state index contributed by atoms with van der Waals surface area (Å²) in [5, 5.41) is 21.7. The molecule has 0 spiro atoms. The summed E-state index contributed by atoms with van der Waals surface area (Å²) in [6.07, 6.45) is 2.86. The van der Waals surface area contributed by atoms with E-state index < -0.39 is 17.2 Å². The van der Waals surface area contributed by atoms with Crippen LogP contribution in [0.3, 0.4) is 0 Å². The van der Waals surface area contributed by atoms with E-state index >= 15 is 0 Å². The maximum Gasteiger partial charge on any atom is 0.226 e. The number of allylic oxidation sites excluding steroid dienone is 1. The minimum Gasteiger partial charge on any atom is -0.398 e. The second-order valence-corrected chi connectivity index (χ2v) is 9.32. The number of anilines is 3. The van der Waals surface area contributed by atoms with Crippen molar-refractivity contribution < 1.29 is 4.79 Å². The van der Waals surface area contributed by atoms with E-state index in [0.717, 1.165) is 40.7 Å². The fourth-order valence-corrected chi connectivity index (χ4v) is 4.58. The third-order valence-corrected chi connectivity index (χ3v) is 7.22. The van der Waals surface area contributed by atoms with Crippen LogP contribution < -0.4 is 21.7 Å². The Hall–Kier alpha value is -4.25. The Balaban J connectivity index is 1.82. The fourth-order valence-electron chi connectivity index (χ4n) is 4.58. The number of nitrogens with zero attached hydrogens (tertiary/aromatic N) is 2. The zero-order chi connectivity index (χ0) is 25.5. The number of H-pyrrole nitrogens is 1. The molecule has 1 fully saturated rings. The van der Waals surface area contributed by atoms with Crippen molar-refractivity contribution >= 4 is 40.1 Å². The number of nitrogens with two attached hydrogens (primary N) is 2. The van der Waals surface area contributed by atoms with E-state index in [2.05, 4.69) is 34.8 Å². The molecule has 180 valence electrons. The average molecular weight is 470 g/mol. The second-order valence-electron chi connectivity index (χ2n) is 9.32. The van der Waals surface area contributed by atoms with Crippen molar-refractivity contribution in [3.8, 4) is 6.07 Å². The van der Waals surface area contributed by atoms with Gasteiger partial charge in [-0.25, -0.2) is 0 Å². The molecule has 2 aromatic carbocycles. The van der Waals surface area contributed by atoms with Gasteiger partial charge in [-0.05, 0) is 50.5 Å². The molecule has 2 unspecified atom stereocenters. The summed E-state index contributed by atoms with van der Waals surface area (Å²) in [7, 11) is 1.95. The Morgan fingerprint density at radius 3 is 2.60 bits per heavy atom. The summed E-state index contributed by atoms with van der Waals surface area (Å²) >= 11 is 0. The maximum atomic E-state index is 12.2. The summed E-state index contributed by atoms with van der Waals surface area (Å²) in [5.74, 6) is -1.03. The van der Waals surface area contributed by atoms with Gasteiger partial charge in [-0.2, -0.15) is 5.26 Å². The number of benzene rings is 2. The quantitative estimate of drug-likeness (QED) is 0.226. The lowest BCUT2D eigenvalue weighted by Gasteiger charge is -2.31. The SMILES string of the molecule is C=C(Nc1ccccc1C(C)N(C)c1c(C(C)C(N)=O)[nH]c2ccc(N)c(C=N)c12)C1(C#N)CC1. The molecule has 0 aliphatic heterocycles. The van der Waals surface area contributed by atoms with E-state index in [4.69, 9.17) is 16.9 Å². The molecule has 3 aromatic rings. The number of hydrogen-bond donors (Lipinski definition) is 5. The van der Waals surface area contributed by atoms with Crippen LogP contribution in [0.2, 0.25) is 0 Å². The second kappa shape index (κ2) is 8.84. The van der Waals surface area contributed by atoms with E-state index in [-0.39, 0.29) is 6.04 Å². The van der Waals surface area contributed by atoms with E-state index in [9.17, 15) is 10.1 Å². The summed E-state index contributed by atoms with van der Waals surface area (Å²) in [5.41, 5.74) is 17.3. The highest BCUT2D eigenvalue weighted by Crippen LogP contribution is 2.51. The Morgan fingerprint density at radius 1 is 1.31 bits per heavy atom. The molecule has 1 heterocycles. The van der Waals surface area contributed by atoms with Crippen LogP contribution in [-0.2, 0) is 4.79 Å². The lowest BCUT2D eigenvalue weighted by molar-refractivity contribution is -0.119. The van der Waals surface area contributed by atoms with Crippen molar-refractivity contribution in [1.82, 2.24) is 4.98 Å². The molecule has 2 atom stereocenters. The topological polar surface area (TPSA) is 148 Å². The van der Waals surface area contributed by atoms with Crippen molar-refractivity contribution in [3.63, 3.8) is 0 Å². The zero-order valence-electron chi connectivity index (χ0n) is 20.3. The number of aromatic amines is 1. The molecule has 1 aliphatic rings. The van der Waals surface area contributed by atoms with Gasteiger partial charge in [0.25, 0.3) is 0 Å². The highest BCUT2D eigenvalue weighted by Gasteiger charge is 2.46. The van der Waals surface area contributed by atoms with Gasteiger partial charge in [0.1, 0.15) is 0 Å². The number of carbonyl (C=O) groups is 1. The molecule has 1 saturated carbocycles. The first kappa shape index (κ1) is 23.9. The summed E-state index contributed by atoms with van der Waals surface area (Å²) in [4.78, 5) is 17.6. The van der Waals surface area contributed by atoms with Gasteiger partial charge in [-0.15, -0.1) is 0 Å². The highest BCUT2D eigenvalue weighted by molar-refractivity contribution is 6.10. The van der Waals surface area contributed by atoms with E-state index in [1.165, 1.54) is 6.21 Å². The monoisotopic (exact) mass is 469 g/mol. The molecule has 4 rings (SSSR count). The van der Waals surface area contributed by atoms with Crippen LogP contribution in [0.15, 0.2) is 48.7 Å². The molecule has 35 heavy (non-hydrogen) atoms. The molecule has 1 aliphatic carbocycles. The summed E-state index contributed by atoms with van der Waals surface area (Å²) in [6.45, 7) is 7.96. The number of amides is 1. The standard InChI is InChI=1S/C27H31N7O/c1-15(26(31)35)24-25(23-19(13-28)20(30)9-10-22(23)33-24)34(4)16(2)18-7-5-6-8-21(18)32-17(3)27(14-29)11-12-27/h5-10,13,15-16,28,32-33H,3,11-12,30H2,1-2,4H3,(H2,31,35). The predicted octanol–water partition coefficient (Wildman–Crippen LogP) is 4.76. The van der Waals surface area contributed by atoms with Crippen LogP contribution >= 0.6 is 0 Å². The van der Waals surface area contributed by atoms with Crippen molar-refractivity contribution in [2.75, 3.05) is 23.0 Å². The number of carbonyl (C=O) groups excluding carboxylic acids is 1. The number of nitriles is 1. The molecular weight excluding hydrogens is 438 g/mol. The minimum atomic E-state index is -0.578. The lowest BCUT2D eigenvalue weighted by atomic mass is 9.98. The van der Waals surface area contributed by atoms with Gasteiger partial charge in [-0.1, -0.05) is 24.8 Å². The smallest absolute Gasteiger partial charge is 0.226 e. The first-order valence-corrected chi connectivity index (χ1v) is 11.6. The Bertz CT molecular complexity index is 1380. The third kappa shape index (κ3) is 3.99. The highest BCUT2D eigenvalue weighted by atomic mass is 16.1. The number of primary amides is 1. The van der Waals surface area contributed by atoms with Crippen LogP contribution in [0.5, 0.6) is 0 Å². The molecule has 8 heteroatoms. The van der Waals surface area contributed by atoms with E-state index in [1.807, 2.05) is 37.4 Å². The Kier molecular flexibility index (Phi) is 6.03. The number of aromatic nitrogens is 1. The van der Waals surface area contributed by atoms with Gasteiger partial charge in [0.2, 0.25) is 5.91 Å². The number of para-hydroxylation sites is 1. The van der Waals surface area contributed by atoms with Crippen LogP contribution in [0.25, 0.3) is 10.9 Å². The van der Waals surface area contributed by atoms with Crippen molar-refractivity contribution in [1.29, 1.82) is 10.7 Å². The van der Waals surface area contributed by atoms with Crippen LogP contribution in [-0.4, -0.2) is 24.2 Å². The van der Waals surface area contributed by atoms with Crippen LogP contribution in [0.1, 0.15) is 55.5 Å². The van der Waals surface area contributed by atoms with Gasteiger partial charge in [0.05, 0.1) is 34.8 Å². The van der Waals surface area contributed by atoms with Gasteiger partial charge >= 0.3 is 0 Å². The third-order valence-electron chi connectivity index (χ3n) is 7.22. The van der Waals surface area contributed by atoms with Gasteiger partial charge in [0, 0.05) is 46.8 Å². The first-order chi connectivity index (χ1) is 16.6. The van der Waals surface area contributed by atoms with Crippen LogP contribution in [0, 0.1) is 22.2 Å². The number of hydrogen-bond acceptors (Lipinski definition) is 6. The fraction of sp³-hybridized carbons (Fsp3) is 0.296. The van der Waals surface area contributed by atoms with Gasteiger partial charge < -0.3 is 32.1 Å². The molecule has 1 amide bonds. The number of fused-ring (bicyclic) bond motifs is 1. The van der Waals surface area contributed by atoms with E-state index in [1.54, 1.807) is 13.0 Å². The number of nitrogens with one attached hydrogen (secondary N) is 3. The van der Waals surface area contributed by atoms with Gasteiger partial charge in [0.15, 0.2) is 0 Å². The number of nitrogen functional groups attached to an aromatic ring is 1. The van der Waals surface area contributed by atoms with Crippen molar-refractivity contribution in [3.05, 3.63) is 65.5 Å². The van der Waals surface area contributed by atoms with Crippen LogP contribution in [0.4, 0.5) is 17.1 Å². The van der Waals surface area contributed by atoms with E-state index in [0.29, 0.717) is 22.6 Å². The van der Waals surface area contributed by atoms with Gasteiger partial charge in [-0.3, -0.25) is 4.79 Å². The molecule has 0 bridgehead atoms. The average Bonchev–Trinajstić information content (AvgIpc) is 3.57. The molecular formula is C27H31N7O. The first-order valence-electron chi connectivity index (χ1n) is 11.6. The Labute approximate surface area is 205 Å². The predicted molar refractivity (Wildman–Crippen MR) is 142 cm³/mol. The summed E-state index contributed by atoms with van der Waals surface area (Å²) < 4.78 is 0. The molecule has 0 radical (unpaired) electrons. The molecule has 7 N–H and O–H groups in total. The largest absolute Gasteiger partial charge is 0.398 e. The lowest BCUT2D eigenvalue weighted by Crippen LogP contribution is -2.26. The minimum absolute atomic E-state index is 0.151. The maximum absolute atomic E-state index is 12.2. The molecule has 1 aromatic heterocycles. The zero-order valence-corrected chi connectivity index (χ0v) is 20.3. The molecule has 8 nitrogen and oxygen atoms in total. The van der Waals surface area contributed by atoms with Crippen molar-refractivity contribution in [2.24, 2.45) is 11.1 Å². The Morgan fingerprint density at radius 2 is 2.00 bits per heavy atom. The normalized spacial score (nSPS) is 15.6. The summed E-state index contributed by atoms with van der Waals surface area (Å²) in [6, 6.07) is 13.7.